The van der Waals surface area contributed by atoms with Crippen molar-refractivity contribution in [2.45, 2.75) is 44.4 Å². The Morgan fingerprint density at radius 2 is 1.95 bits per heavy atom. The number of hydrogen-bond donors (Lipinski definition) is 1. The van der Waals surface area contributed by atoms with E-state index < -0.39 is 0 Å². The first-order chi connectivity index (χ1) is 9.69. The Morgan fingerprint density at radius 3 is 2.65 bits per heavy atom. The average Bonchev–Trinajstić information content (AvgIpc) is 2.79. The monoisotopic (exact) mass is 306 g/mol. The molecule has 1 N–H and O–H groups in total. The maximum Gasteiger partial charge on any atom is 0.103 e. The predicted octanol–water partition coefficient (Wildman–Crippen LogP) is 4.55. The number of nitrogens with zero attached hydrogens (tertiary/aromatic N) is 1. The second kappa shape index (κ2) is 7.81. The molecular weight excluding hydrogens is 284 g/mol. The molecule has 0 radical (unpaired) electrons. The van der Waals surface area contributed by atoms with E-state index in [-0.39, 0.29) is 0 Å². The van der Waals surface area contributed by atoms with Crippen LogP contribution in [0.25, 0.3) is 0 Å². The molecule has 20 heavy (non-hydrogen) atoms. The van der Waals surface area contributed by atoms with Crippen molar-refractivity contribution in [3.63, 3.8) is 0 Å². The van der Waals surface area contributed by atoms with Crippen molar-refractivity contribution < 1.29 is 0 Å². The molecule has 2 rings (SSSR count). The van der Waals surface area contributed by atoms with Gasteiger partial charge in [-0.25, -0.2) is 4.98 Å². The lowest BCUT2D eigenvalue weighted by atomic mass is 10.2. The number of thiazole rings is 1. The van der Waals surface area contributed by atoms with Gasteiger partial charge >= 0.3 is 0 Å². The number of nitrogens with one attached hydrogen (secondary N) is 1. The SMILES string of the molecule is CCCNCc1sc(CSc2ccc(C)cc2)nc1C. The van der Waals surface area contributed by atoms with Crippen LogP contribution in [-0.2, 0) is 12.3 Å². The van der Waals surface area contributed by atoms with Crippen molar-refractivity contribution in [3.8, 4) is 0 Å². The van der Waals surface area contributed by atoms with Crippen LogP contribution in [0.1, 0.15) is 34.5 Å². The molecule has 108 valence electrons. The number of thioether (sulfide) groups is 1. The van der Waals surface area contributed by atoms with Gasteiger partial charge in [-0.05, 0) is 38.9 Å². The molecule has 0 atom stereocenters. The summed E-state index contributed by atoms with van der Waals surface area (Å²) in [6.45, 7) is 8.45. The number of hydrogen-bond acceptors (Lipinski definition) is 4. The zero-order chi connectivity index (χ0) is 14.4. The first kappa shape index (κ1) is 15.5. The number of rotatable bonds is 7. The van der Waals surface area contributed by atoms with Gasteiger partial charge in [0.1, 0.15) is 5.01 Å². The van der Waals surface area contributed by atoms with Gasteiger partial charge in [0.25, 0.3) is 0 Å². The summed E-state index contributed by atoms with van der Waals surface area (Å²) < 4.78 is 0. The minimum atomic E-state index is 0.951. The van der Waals surface area contributed by atoms with E-state index in [1.807, 2.05) is 23.1 Å². The van der Waals surface area contributed by atoms with E-state index in [1.54, 1.807) is 0 Å². The third-order valence-electron chi connectivity index (χ3n) is 3.03. The van der Waals surface area contributed by atoms with Crippen molar-refractivity contribution in [2.75, 3.05) is 6.54 Å². The molecule has 1 aromatic heterocycles. The van der Waals surface area contributed by atoms with E-state index >= 15 is 0 Å². The lowest BCUT2D eigenvalue weighted by Crippen LogP contribution is -2.13. The molecule has 0 unspecified atom stereocenters. The molecule has 2 nitrogen and oxygen atoms in total. The molecule has 1 aromatic carbocycles. The Kier molecular flexibility index (Phi) is 6.07. The summed E-state index contributed by atoms with van der Waals surface area (Å²) in [6, 6.07) is 8.69. The molecule has 0 bridgehead atoms. The van der Waals surface area contributed by atoms with E-state index in [1.165, 1.54) is 32.5 Å². The first-order valence-corrected chi connectivity index (χ1v) is 8.84. The Labute approximate surface area is 130 Å². The van der Waals surface area contributed by atoms with E-state index in [0.29, 0.717) is 0 Å². The second-order valence-electron chi connectivity index (χ2n) is 4.89. The third kappa shape index (κ3) is 4.62. The Morgan fingerprint density at radius 1 is 1.20 bits per heavy atom. The Hall–Kier alpha value is -0.840. The standard InChI is InChI=1S/C16H22N2S2/c1-4-9-17-10-15-13(3)18-16(20-15)11-19-14-7-5-12(2)6-8-14/h5-8,17H,4,9-11H2,1-3H3. The fourth-order valence-corrected chi connectivity index (χ4v) is 3.80. The molecule has 0 saturated heterocycles. The van der Waals surface area contributed by atoms with Crippen LogP contribution < -0.4 is 5.32 Å². The summed E-state index contributed by atoms with van der Waals surface area (Å²) in [7, 11) is 0. The normalized spacial score (nSPS) is 10.9. The number of aryl methyl sites for hydroxylation is 2. The van der Waals surface area contributed by atoms with Crippen LogP contribution >= 0.6 is 23.1 Å². The van der Waals surface area contributed by atoms with Crippen molar-refractivity contribution in [3.05, 3.63) is 45.4 Å². The van der Waals surface area contributed by atoms with Gasteiger partial charge in [-0.15, -0.1) is 23.1 Å². The quantitative estimate of drug-likeness (QED) is 0.600. The summed E-state index contributed by atoms with van der Waals surface area (Å²) in [4.78, 5) is 7.37. The largest absolute Gasteiger partial charge is 0.312 e. The van der Waals surface area contributed by atoms with Crippen molar-refractivity contribution >= 4 is 23.1 Å². The van der Waals surface area contributed by atoms with Crippen LogP contribution in [0.4, 0.5) is 0 Å². The molecule has 0 saturated carbocycles. The minimum Gasteiger partial charge on any atom is -0.312 e. The van der Waals surface area contributed by atoms with Gasteiger partial charge in [0, 0.05) is 16.3 Å². The molecular formula is C16H22N2S2. The van der Waals surface area contributed by atoms with Crippen LogP contribution in [0.5, 0.6) is 0 Å². The zero-order valence-electron chi connectivity index (χ0n) is 12.4. The number of benzene rings is 1. The summed E-state index contributed by atoms with van der Waals surface area (Å²) >= 11 is 3.70. The lowest BCUT2D eigenvalue weighted by molar-refractivity contribution is 0.678. The molecule has 2 aromatic rings. The van der Waals surface area contributed by atoms with Crippen LogP contribution in [-0.4, -0.2) is 11.5 Å². The van der Waals surface area contributed by atoms with Crippen LogP contribution in [0.15, 0.2) is 29.2 Å². The van der Waals surface area contributed by atoms with Gasteiger partial charge in [0.2, 0.25) is 0 Å². The topological polar surface area (TPSA) is 24.9 Å². The summed E-state index contributed by atoms with van der Waals surface area (Å²) in [5, 5.41) is 4.67. The summed E-state index contributed by atoms with van der Waals surface area (Å²) in [6.07, 6.45) is 1.17. The minimum absolute atomic E-state index is 0.951. The molecule has 0 aliphatic rings. The van der Waals surface area contributed by atoms with E-state index in [4.69, 9.17) is 0 Å². The van der Waals surface area contributed by atoms with E-state index in [0.717, 1.165) is 18.8 Å². The van der Waals surface area contributed by atoms with E-state index in [2.05, 4.69) is 55.3 Å². The molecule has 0 spiro atoms. The first-order valence-electron chi connectivity index (χ1n) is 7.04. The molecule has 0 aliphatic carbocycles. The Bertz CT molecular complexity index is 532. The van der Waals surface area contributed by atoms with Gasteiger partial charge in [-0.2, -0.15) is 0 Å². The van der Waals surface area contributed by atoms with Crippen molar-refractivity contribution in [1.29, 1.82) is 0 Å². The second-order valence-corrected chi connectivity index (χ2v) is 7.11. The highest BCUT2D eigenvalue weighted by atomic mass is 32.2. The van der Waals surface area contributed by atoms with Crippen LogP contribution in [0.2, 0.25) is 0 Å². The highest BCUT2D eigenvalue weighted by Gasteiger charge is 2.07. The molecule has 4 heteroatoms. The van der Waals surface area contributed by atoms with Crippen molar-refractivity contribution in [1.82, 2.24) is 10.3 Å². The molecule has 0 amide bonds. The fraction of sp³-hybridized carbons (Fsp3) is 0.438. The predicted molar refractivity (Wildman–Crippen MR) is 89.6 cm³/mol. The van der Waals surface area contributed by atoms with E-state index in [9.17, 15) is 0 Å². The lowest BCUT2D eigenvalue weighted by Gasteiger charge is -2.00. The Balaban J connectivity index is 1.89. The van der Waals surface area contributed by atoms with Crippen LogP contribution in [0.3, 0.4) is 0 Å². The zero-order valence-corrected chi connectivity index (χ0v) is 14.0. The maximum atomic E-state index is 4.68. The maximum absolute atomic E-state index is 4.68. The van der Waals surface area contributed by atoms with Gasteiger partial charge in [0.15, 0.2) is 0 Å². The van der Waals surface area contributed by atoms with Gasteiger partial charge in [-0.3, -0.25) is 0 Å². The van der Waals surface area contributed by atoms with Gasteiger partial charge < -0.3 is 5.32 Å². The highest BCUT2D eigenvalue weighted by Crippen LogP contribution is 2.27. The fourth-order valence-electron chi connectivity index (χ4n) is 1.87. The van der Waals surface area contributed by atoms with Gasteiger partial charge in [-0.1, -0.05) is 24.6 Å². The molecule has 0 aliphatic heterocycles. The average molecular weight is 307 g/mol. The highest BCUT2D eigenvalue weighted by molar-refractivity contribution is 7.98. The van der Waals surface area contributed by atoms with Crippen molar-refractivity contribution in [2.24, 2.45) is 0 Å². The smallest absolute Gasteiger partial charge is 0.103 e. The van der Waals surface area contributed by atoms with Crippen LogP contribution in [0, 0.1) is 13.8 Å². The number of aromatic nitrogens is 1. The summed E-state index contributed by atoms with van der Waals surface area (Å²) in [5.74, 6) is 0.961. The summed E-state index contributed by atoms with van der Waals surface area (Å²) in [5.41, 5.74) is 2.49. The third-order valence-corrected chi connectivity index (χ3v) is 5.40. The molecule has 1 heterocycles. The van der Waals surface area contributed by atoms with Gasteiger partial charge in [0.05, 0.1) is 11.4 Å². The molecule has 0 fully saturated rings.